The second kappa shape index (κ2) is 8.50. The highest BCUT2D eigenvalue weighted by atomic mass is 32.1. The van der Waals surface area contributed by atoms with Gasteiger partial charge in [0.25, 0.3) is 0 Å². The predicted molar refractivity (Wildman–Crippen MR) is 97.2 cm³/mol. The van der Waals surface area contributed by atoms with Crippen LogP contribution in [-0.2, 0) is 6.54 Å². The van der Waals surface area contributed by atoms with Crippen molar-refractivity contribution in [3.8, 4) is 17.0 Å². The Hall–Kier alpha value is -2.11. The van der Waals surface area contributed by atoms with E-state index in [2.05, 4.69) is 23.0 Å². The van der Waals surface area contributed by atoms with Gasteiger partial charge in [-0.05, 0) is 19.1 Å². The van der Waals surface area contributed by atoms with Crippen LogP contribution in [0, 0.1) is 0 Å². The number of nitrogens with one attached hydrogen (secondary N) is 1. The number of hydrogen-bond donors (Lipinski definition) is 1. The SMILES string of the molecule is C=CCN(CC=C)Cc1sc(=O)[nH]c1-c1ccccc1OCC. The van der Waals surface area contributed by atoms with Gasteiger partial charge in [-0.1, -0.05) is 35.6 Å². The van der Waals surface area contributed by atoms with Crippen molar-refractivity contribution in [2.24, 2.45) is 0 Å². The number of H-pyrrole nitrogens is 1. The number of hydrogen-bond acceptors (Lipinski definition) is 4. The number of thiazole rings is 1. The molecule has 1 heterocycles. The van der Waals surface area contributed by atoms with E-state index < -0.39 is 0 Å². The lowest BCUT2D eigenvalue weighted by atomic mass is 10.1. The maximum atomic E-state index is 11.9. The van der Waals surface area contributed by atoms with E-state index in [0.29, 0.717) is 13.2 Å². The largest absolute Gasteiger partial charge is 0.493 e. The Morgan fingerprint density at radius 1 is 1.26 bits per heavy atom. The molecule has 0 aliphatic rings. The van der Waals surface area contributed by atoms with Crippen molar-refractivity contribution in [3.63, 3.8) is 0 Å². The summed E-state index contributed by atoms with van der Waals surface area (Å²) in [6.45, 7) is 12.2. The summed E-state index contributed by atoms with van der Waals surface area (Å²) < 4.78 is 5.69. The number of aromatic amines is 1. The maximum absolute atomic E-state index is 11.9. The molecule has 0 unspecified atom stereocenters. The van der Waals surface area contributed by atoms with Crippen LogP contribution in [0.5, 0.6) is 5.75 Å². The third-order valence-electron chi connectivity index (χ3n) is 3.32. The molecule has 0 atom stereocenters. The highest BCUT2D eigenvalue weighted by Crippen LogP contribution is 2.32. The number of benzene rings is 1. The molecule has 0 saturated carbocycles. The van der Waals surface area contributed by atoms with Gasteiger partial charge in [0.15, 0.2) is 0 Å². The molecule has 1 aromatic heterocycles. The normalized spacial score (nSPS) is 10.7. The molecule has 122 valence electrons. The molecule has 0 fully saturated rings. The van der Waals surface area contributed by atoms with Crippen molar-refractivity contribution < 1.29 is 4.74 Å². The van der Waals surface area contributed by atoms with Gasteiger partial charge >= 0.3 is 4.87 Å². The predicted octanol–water partition coefficient (Wildman–Crippen LogP) is 3.68. The second-order valence-electron chi connectivity index (χ2n) is 5.01. The molecule has 0 radical (unpaired) electrons. The van der Waals surface area contributed by atoms with Crippen molar-refractivity contribution >= 4 is 11.3 Å². The molecule has 2 aromatic rings. The Kier molecular flexibility index (Phi) is 6.38. The zero-order valence-corrected chi connectivity index (χ0v) is 14.2. The first-order valence-electron chi connectivity index (χ1n) is 7.57. The number of nitrogens with zero attached hydrogens (tertiary/aromatic N) is 1. The fourth-order valence-corrected chi connectivity index (χ4v) is 3.30. The van der Waals surface area contributed by atoms with Gasteiger partial charge in [-0.25, -0.2) is 0 Å². The summed E-state index contributed by atoms with van der Waals surface area (Å²) in [5, 5.41) is 0. The fraction of sp³-hybridized carbons (Fsp3) is 0.278. The molecule has 1 N–H and O–H groups in total. The average molecular weight is 330 g/mol. The Balaban J connectivity index is 2.39. The first kappa shape index (κ1) is 17.2. The van der Waals surface area contributed by atoms with Crippen LogP contribution < -0.4 is 9.61 Å². The number of aromatic nitrogens is 1. The van der Waals surface area contributed by atoms with Gasteiger partial charge in [0.2, 0.25) is 0 Å². The van der Waals surface area contributed by atoms with Crippen molar-refractivity contribution in [1.82, 2.24) is 9.88 Å². The van der Waals surface area contributed by atoms with Crippen LogP contribution in [0.25, 0.3) is 11.3 Å². The summed E-state index contributed by atoms with van der Waals surface area (Å²) in [5.74, 6) is 0.782. The molecule has 23 heavy (non-hydrogen) atoms. The van der Waals surface area contributed by atoms with Crippen molar-refractivity contribution in [3.05, 3.63) is 64.1 Å². The molecule has 0 aliphatic carbocycles. The van der Waals surface area contributed by atoms with Crippen LogP contribution in [0.1, 0.15) is 11.8 Å². The summed E-state index contributed by atoms with van der Waals surface area (Å²) in [5.41, 5.74) is 1.75. The minimum absolute atomic E-state index is 0.0570. The van der Waals surface area contributed by atoms with E-state index >= 15 is 0 Å². The molecular weight excluding hydrogens is 308 g/mol. The Labute approximate surface area is 140 Å². The number of ether oxygens (including phenoxy) is 1. The van der Waals surface area contributed by atoms with Crippen LogP contribution in [0.4, 0.5) is 0 Å². The van der Waals surface area contributed by atoms with E-state index in [1.54, 1.807) is 0 Å². The zero-order chi connectivity index (χ0) is 16.7. The standard InChI is InChI=1S/C18H22N2O2S/c1-4-11-20(12-5-2)13-16-17(19-18(21)23-16)14-9-7-8-10-15(14)22-6-3/h4-5,7-10H,1-2,6,11-13H2,3H3,(H,19,21). The van der Waals surface area contributed by atoms with E-state index in [-0.39, 0.29) is 4.87 Å². The molecule has 4 nitrogen and oxygen atoms in total. The number of rotatable bonds is 9. The molecule has 1 aromatic carbocycles. The molecular formula is C18H22N2O2S. The van der Waals surface area contributed by atoms with Crippen molar-refractivity contribution in [2.75, 3.05) is 19.7 Å². The van der Waals surface area contributed by atoms with Crippen LogP contribution in [0.15, 0.2) is 54.4 Å². The summed E-state index contributed by atoms with van der Waals surface area (Å²) >= 11 is 1.24. The van der Waals surface area contributed by atoms with E-state index in [1.165, 1.54) is 11.3 Å². The van der Waals surface area contributed by atoms with Crippen LogP contribution in [0.2, 0.25) is 0 Å². The fourth-order valence-electron chi connectivity index (χ4n) is 2.42. The maximum Gasteiger partial charge on any atom is 0.305 e. The second-order valence-corrected chi connectivity index (χ2v) is 6.08. The topological polar surface area (TPSA) is 45.3 Å². The van der Waals surface area contributed by atoms with Gasteiger partial charge in [-0.15, -0.1) is 13.2 Å². The lowest BCUT2D eigenvalue weighted by molar-refractivity contribution is 0.330. The third kappa shape index (κ3) is 4.43. The molecule has 0 bridgehead atoms. The van der Waals surface area contributed by atoms with Gasteiger partial charge in [-0.2, -0.15) is 0 Å². The first-order valence-corrected chi connectivity index (χ1v) is 8.39. The van der Waals surface area contributed by atoms with Crippen LogP contribution in [0.3, 0.4) is 0 Å². The Morgan fingerprint density at radius 3 is 2.61 bits per heavy atom. The molecule has 2 rings (SSSR count). The number of para-hydroxylation sites is 1. The van der Waals surface area contributed by atoms with Gasteiger partial charge in [0.1, 0.15) is 5.75 Å². The van der Waals surface area contributed by atoms with Crippen molar-refractivity contribution in [2.45, 2.75) is 13.5 Å². The van der Waals surface area contributed by atoms with Crippen molar-refractivity contribution in [1.29, 1.82) is 0 Å². The average Bonchev–Trinajstić information content (AvgIpc) is 2.89. The van der Waals surface area contributed by atoms with E-state index in [0.717, 1.165) is 35.0 Å². The summed E-state index contributed by atoms with van der Waals surface area (Å²) in [6.07, 6.45) is 3.71. The monoisotopic (exact) mass is 330 g/mol. The Bertz CT molecular complexity index is 708. The lowest BCUT2D eigenvalue weighted by Crippen LogP contribution is -2.23. The smallest absolute Gasteiger partial charge is 0.305 e. The zero-order valence-electron chi connectivity index (χ0n) is 13.4. The quantitative estimate of drug-likeness (QED) is 0.714. The molecule has 5 heteroatoms. The van der Waals surface area contributed by atoms with Gasteiger partial charge in [-0.3, -0.25) is 9.69 Å². The van der Waals surface area contributed by atoms with Crippen LogP contribution in [-0.4, -0.2) is 29.6 Å². The summed E-state index contributed by atoms with van der Waals surface area (Å²) in [6, 6.07) is 7.77. The van der Waals surface area contributed by atoms with E-state index in [4.69, 9.17) is 4.74 Å². The molecule has 0 amide bonds. The Morgan fingerprint density at radius 2 is 1.96 bits per heavy atom. The summed E-state index contributed by atoms with van der Waals surface area (Å²) in [7, 11) is 0. The van der Waals surface area contributed by atoms with Gasteiger partial charge in [0.05, 0.1) is 12.3 Å². The van der Waals surface area contributed by atoms with E-state index in [9.17, 15) is 4.79 Å². The van der Waals surface area contributed by atoms with Gasteiger partial charge in [0, 0.05) is 30.1 Å². The first-order chi connectivity index (χ1) is 11.2. The lowest BCUT2D eigenvalue weighted by Gasteiger charge is -2.18. The molecule has 0 aliphatic heterocycles. The highest BCUT2D eigenvalue weighted by Gasteiger charge is 2.16. The summed E-state index contributed by atoms with van der Waals surface area (Å²) in [4.78, 5) is 18.0. The van der Waals surface area contributed by atoms with E-state index in [1.807, 2.05) is 43.3 Å². The van der Waals surface area contributed by atoms with Gasteiger partial charge < -0.3 is 9.72 Å². The minimum Gasteiger partial charge on any atom is -0.493 e. The third-order valence-corrected chi connectivity index (χ3v) is 4.19. The highest BCUT2D eigenvalue weighted by molar-refractivity contribution is 7.09. The molecule has 0 spiro atoms. The minimum atomic E-state index is -0.0570. The van der Waals surface area contributed by atoms with Crippen LogP contribution >= 0.6 is 11.3 Å². The molecule has 0 saturated heterocycles.